The fraction of sp³-hybridized carbons (Fsp3) is 0.438. The Morgan fingerprint density at radius 1 is 1.09 bits per heavy atom. The van der Waals surface area contributed by atoms with Gasteiger partial charge in [-0.2, -0.15) is 0 Å². The van der Waals surface area contributed by atoms with Crippen LogP contribution in [0.2, 0.25) is 0 Å². The van der Waals surface area contributed by atoms with Crippen molar-refractivity contribution in [3.05, 3.63) is 29.3 Å². The van der Waals surface area contributed by atoms with E-state index in [1.165, 1.54) is 12.1 Å². The predicted molar refractivity (Wildman–Crippen MR) is 74.6 cm³/mol. The minimum atomic E-state index is -1.33. The summed E-state index contributed by atoms with van der Waals surface area (Å²) in [5, 5.41) is 24.7. The van der Waals surface area contributed by atoms with Crippen LogP contribution in [0.1, 0.15) is 41.6 Å². The van der Waals surface area contributed by atoms with Gasteiger partial charge in [0.25, 0.3) is 0 Å². The molecular weight excluding hydrogens is 286 g/mol. The normalized spacial score (nSPS) is 21.1. The zero-order valence-electron chi connectivity index (χ0n) is 12.3. The number of carbonyl (C=O) groups excluding carboxylic acids is 3. The smallest absolute Gasteiger partial charge is 0.228 e. The van der Waals surface area contributed by atoms with Gasteiger partial charge in [-0.05, 0) is 37.0 Å². The number of carbonyl (C=O) groups is 3. The van der Waals surface area contributed by atoms with Crippen molar-refractivity contribution in [3.63, 3.8) is 0 Å². The molecule has 1 aliphatic carbocycles. The molecule has 1 aromatic carbocycles. The van der Waals surface area contributed by atoms with Crippen LogP contribution in [-0.4, -0.2) is 17.8 Å². The van der Waals surface area contributed by atoms with Crippen molar-refractivity contribution >= 4 is 23.5 Å². The van der Waals surface area contributed by atoms with Crippen LogP contribution in [0, 0.1) is 18.8 Å². The highest BCUT2D eigenvalue weighted by molar-refractivity contribution is 5.97. The molecule has 1 fully saturated rings. The number of aryl methyl sites for hydroxylation is 1. The standard InChI is InChI=1S/C16H19NO5/c1-9-6-7-10(15(19)20)8-13(9)17-14(18)11-4-2-3-5-12(11)16(21)22/h6-8,11-12H,2-5H2,1H3,(H,17,18)(H,19,20)(H,21,22)/p-2. The van der Waals surface area contributed by atoms with Gasteiger partial charge in [-0.25, -0.2) is 0 Å². The monoisotopic (exact) mass is 303 g/mol. The Labute approximate surface area is 128 Å². The van der Waals surface area contributed by atoms with Gasteiger partial charge >= 0.3 is 0 Å². The highest BCUT2D eigenvalue weighted by Gasteiger charge is 2.31. The van der Waals surface area contributed by atoms with Crippen LogP contribution in [0.15, 0.2) is 18.2 Å². The van der Waals surface area contributed by atoms with Gasteiger partial charge in [0.15, 0.2) is 0 Å². The van der Waals surface area contributed by atoms with Gasteiger partial charge in [0, 0.05) is 23.5 Å². The maximum atomic E-state index is 12.4. The van der Waals surface area contributed by atoms with E-state index in [1.54, 1.807) is 13.0 Å². The Kier molecular flexibility index (Phi) is 4.80. The first kappa shape index (κ1) is 16.0. The highest BCUT2D eigenvalue weighted by Crippen LogP contribution is 2.31. The number of carboxylic acid groups (broad SMARTS) is 2. The van der Waals surface area contributed by atoms with Crippen LogP contribution < -0.4 is 15.5 Å². The second-order valence-electron chi connectivity index (χ2n) is 5.62. The number of hydrogen-bond acceptors (Lipinski definition) is 5. The fourth-order valence-corrected chi connectivity index (χ4v) is 2.84. The summed E-state index contributed by atoms with van der Waals surface area (Å²) in [6.45, 7) is 1.73. The van der Waals surface area contributed by atoms with E-state index >= 15 is 0 Å². The quantitative estimate of drug-likeness (QED) is 0.832. The lowest BCUT2D eigenvalue weighted by atomic mass is 9.78. The molecule has 22 heavy (non-hydrogen) atoms. The minimum Gasteiger partial charge on any atom is -0.550 e. The topological polar surface area (TPSA) is 109 Å². The summed E-state index contributed by atoms with van der Waals surface area (Å²) in [5.41, 5.74) is 1.01. The third kappa shape index (κ3) is 3.44. The molecule has 6 nitrogen and oxygen atoms in total. The molecule has 1 aromatic rings. The predicted octanol–water partition coefficient (Wildman–Crippen LogP) is -0.147. The number of hydrogen-bond donors (Lipinski definition) is 1. The number of anilines is 1. The Morgan fingerprint density at radius 3 is 2.32 bits per heavy atom. The zero-order chi connectivity index (χ0) is 16.3. The minimum absolute atomic E-state index is 0.0407. The molecule has 2 unspecified atom stereocenters. The molecule has 1 saturated carbocycles. The Balaban J connectivity index is 2.19. The average Bonchev–Trinajstić information content (AvgIpc) is 2.49. The van der Waals surface area contributed by atoms with Crippen molar-refractivity contribution in [2.45, 2.75) is 32.6 Å². The van der Waals surface area contributed by atoms with E-state index in [0.717, 1.165) is 12.8 Å². The van der Waals surface area contributed by atoms with Crippen molar-refractivity contribution in [1.29, 1.82) is 0 Å². The number of benzene rings is 1. The Morgan fingerprint density at radius 2 is 1.73 bits per heavy atom. The molecule has 0 radical (unpaired) electrons. The number of aliphatic carboxylic acids is 1. The van der Waals surface area contributed by atoms with E-state index in [2.05, 4.69) is 5.32 Å². The van der Waals surface area contributed by atoms with Gasteiger partial charge in [0.1, 0.15) is 0 Å². The van der Waals surface area contributed by atoms with Gasteiger partial charge < -0.3 is 25.1 Å². The van der Waals surface area contributed by atoms with Crippen molar-refractivity contribution in [2.75, 3.05) is 5.32 Å². The highest BCUT2D eigenvalue weighted by atomic mass is 16.4. The van der Waals surface area contributed by atoms with E-state index in [0.29, 0.717) is 24.1 Å². The number of nitrogens with one attached hydrogen (secondary N) is 1. The second kappa shape index (κ2) is 6.60. The SMILES string of the molecule is Cc1ccc(C(=O)[O-])cc1NC(=O)C1CCCCC1C(=O)[O-]. The molecule has 0 heterocycles. The molecular formula is C16H17NO5-2. The summed E-state index contributed by atoms with van der Waals surface area (Å²) in [6.07, 6.45) is 2.48. The average molecular weight is 303 g/mol. The van der Waals surface area contributed by atoms with Gasteiger partial charge in [-0.1, -0.05) is 25.0 Å². The maximum absolute atomic E-state index is 12.4. The lowest BCUT2D eigenvalue weighted by molar-refractivity contribution is -0.313. The second-order valence-corrected chi connectivity index (χ2v) is 5.62. The Hall–Kier alpha value is -2.37. The van der Waals surface area contributed by atoms with Gasteiger partial charge in [0.05, 0.1) is 5.97 Å². The first-order valence-electron chi connectivity index (χ1n) is 7.24. The summed E-state index contributed by atoms with van der Waals surface area (Å²) < 4.78 is 0. The first-order valence-corrected chi connectivity index (χ1v) is 7.24. The maximum Gasteiger partial charge on any atom is 0.228 e. The molecule has 0 spiro atoms. The molecule has 2 atom stereocenters. The van der Waals surface area contributed by atoms with Crippen LogP contribution in [0.3, 0.4) is 0 Å². The molecule has 6 heteroatoms. The van der Waals surface area contributed by atoms with E-state index in [1.807, 2.05) is 0 Å². The lowest BCUT2D eigenvalue weighted by Gasteiger charge is -2.31. The van der Waals surface area contributed by atoms with Crippen LogP contribution in [0.5, 0.6) is 0 Å². The third-order valence-corrected chi connectivity index (χ3v) is 4.14. The molecule has 1 N–H and O–H groups in total. The Bertz CT molecular complexity index is 611. The van der Waals surface area contributed by atoms with Crippen LogP contribution in [-0.2, 0) is 9.59 Å². The molecule has 1 aliphatic rings. The van der Waals surface area contributed by atoms with Crippen LogP contribution >= 0.6 is 0 Å². The van der Waals surface area contributed by atoms with E-state index in [-0.39, 0.29) is 5.56 Å². The summed E-state index contributed by atoms with van der Waals surface area (Å²) >= 11 is 0. The molecule has 0 aromatic heterocycles. The van der Waals surface area contributed by atoms with Crippen molar-refractivity contribution < 1.29 is 24.6 Å². The van der Waals surface area contributed by atoms with Crippen LogP contribution in [0.25, 0.3) is 0 Å². The van der Waals surface area contributed by atoms with E-state index in [9.17, 15) is 24.6 Å². The van der Waals surface area contributed by atoms with E-state index in [4.69, 9.17) is 0 Å². The molecule has 118 valence electrons. The third-order valence-electron chi connectivity index (χ3n) is 4.14. The molecule has 0 bridgehead atoms. The summed E-state index contributed by atoms with van der Waals surface area (Å²) in [5.74, 6) is -4.39. The first-order chi connectivity index (χ1) is 10.4. The summed E-state index contributed by atoms with van der Waals surface area (Å²) in [6, 6.07) is 4.28. The van der Waals surface area contributed by atoms with Gasteiger partial charge in [0.2, 0.25) is 5.91 Å². The van der Waals surface area contributed by atoms with E-state index < -0.39 is 29.7 Å². The summed E-state index contributed by atoms with van der Waals surface area (Å²) in [4.78, 5) is 34.4. The largest absolute Gasteiger partial charge is 0.550 e. The number of amides is 1. The molecule has 1 amide bonds. The van der Waals surface area contributed by atoms with Gasteiger partial charge in [-0.15, -0.1) is 0 Å². The summed E-state index contributed by atoms with van der Waals surface area (Å²) in [7, 11) is 0. The lowest BCUT2D eigenvalue weighted by Crippen LogP contribution is -2.42. The van der Waals surface area contributed by atoms with Crippen molar-refractivity contribution in [1.82, 2.24) is 0 Å². The molecule has 0 saturated heterocycles. The van der Waals surface area contributed by atoms with Crippen molar-refractivity contribution in [3.8, 4) is 0 Å². The molecule has 2 rings (SSSR count). The van der Waals surface area contributed by atoms with Crippen molar-refractivity contribution in [2.24, 2.45) is 11.8 Å². The molecule has 0 aliphatic heterocycles. The number of aromatic carboxylic acids is 1. The fourth-order valence-electron chi connectivity index (χ4n) is 2.84. The van der Waals surface area contributed by atoms with Crippen LogP contribution in [0.4, 0.5) is 5.69 Å². The number of rotatable bonds is 4. The number of carboxylic acids is 2. The zero-order valence-corrected chi connectivity index (χ0v) is 12.3. The van der Waals surface area contributed by atoms with Gasteiger partial charge in [-0.3, -0.25) is 4.79 Å².